The Hall–Kier alpha value is -1.91. The van der Waals surface area contributed by atoms with Gasteiger partial charge < -0.3 is 10.5 Å². The third-order valence-corrected chi connectivity index (χ3v) is 6.35. The van der Waals surface area contributed by atoms with Crippen molar-refractivity contribution >= 4 is 10.9 Å². The van der Waals surface area contributed by atoms with E-state index in [1.54, 1.807) is 0 Å². The number of nitrogens with zero attached hydrogens (tertiary/aromatic N) is 2. The molecule has 0 spiro atoms. The molecule has 4 nitrogen and oxygen atoms in total. The average Bonchev–Trinajstić information content (AvgIpc) is 2.70. The first-order valence-electron chi connectivity index (χ1n) is 10.5. The van der Waals surface area contributed by atoms with Gasteiger partial charge in [0.05, 0.1) is 12.1 Å². The van der Waals surface area contributed by atoms with Gasteiger partial charge in [0, 0.05) is 30.2 Å². The predicted molar refractivity (Wildman–Crippen MR) is 115 cm³/mol. The van der Waals surface area contributed by atoms with Crippen molar-refractivity contribution in [2.24, 2.45) is 23.0 Å². The summed E-state index contributed by atoms with van der Waals surface area (Å²) in [6, 6.07) is 8.64. The Morgan fingerprint density at radius 2 is 2.18 bits per heavy atom. The van der Waals surface area contributed by atoms with Crippen LogP contribution in [0.3, 0.4) is 0 Å². The molecule has 150 valence electrons. The molecule has 28 heavy (non-hydrogen) atoms. The Balaban J connectivity index is 1.62. The summed E-state index contributed by atoms with van der Waals surface area (Å²) in [5.74, 6) is 2.22. The van der Waals surface area contributed by atoms with E-state index in [9.17, 15) is 0 Å². The minimum absolute atomic E-state index is 0.0167. The smallest absolute Gasteiger partial charge is 0.120 e. The highest BCUT2D eigenvalue weighted by atomic mass is 16.5. The predicted octanol–water partition coefficient (Wildman–Crippen LogP) is 4.56. The Bertz CT molecular complexity index is 857. The first-order chi connectivity index (χ1) is 13.4. The molecule has 5 rings (SSSR count). The van der Waals surface area contributed by atoms with Crippen LogP contribution >= 0.6 is 0 Å². The van der Waals surface area contributed by atoms with E-state index in [2.05, 4.69) is 55.4 Å². The summed E-state index contributed by atoms with van der Waals surface area (Å²) in [5.41, 5.74) is 9.15. The molecular formula is C24H33N3O. The maximum absolute atomic E-state index is 6.87. The fraction of sp³-hybridized carbons (Fsp3) is 0.542. The van der Waals surface area contributed by atoms with Crippen LogP contribution in [0.5, 0.6) is 5.75 Å². The Morgan fingerprint density at radius 1 is 1.36 bits per heavy atom. The zero-order chi connectivity index (χ0) is 19.9. The summed E-state index contributed by atoms with van der Waals surface area (Å²) in [6.07, 6.45) is 6.44. The largest absolute Gasteiger partial charge is 0.493 e. The van der Waals surface area contributed by atoms with Crippen LogP contribution in [0, 0.1) is 17.3 Å². The van der Waals surface area contributed by atoms with Gasteiger partial charge in [0.15, 0.2) is 0 Å². The fourth-order valence-electron chi connectivity index (χ4n) is 4.78. The molecule has 3 aliphatic heterocycles. The lowest BCUT2D eigenvalue weighted by atomic mass is 9.73. The lowest BCUT2D eigenvalue weighted by Gasteiger charge is -2.51. The summed E-state index contributed by atoms with van der Waals surface area (Å²) in [7, 11) is 0. The van der Waals surface area contributed by atoms with E-state index < -0.39 is 0 Å². The molecule has 0 aliphatic carbocycles. The standard InChI is InChI=1S/C24H33N3O/c1-5-16-14-27-11-9-17(16)12-22(27)23(25)19-8-10-26-21-7-6-18(13-20(19)21)28-15-24(2,3)4/h5-8,10,13,16-17,22-23H,1,9,11-12,14-15,25H2,2-4H3/t16-,17-,22+,23+/m0/s1. The van der Waals surface area contributed by atoms with Crippen molar-refractivity contribution in [1.29, 1.82) is 0 Å². The molecule has 0 amide bonds. The topological polar surface area (TPSA) is 51.4 Å². The molecule has 3 fully saturated rings. The number of benzene rings is 1. The molecule has 1 aromatic heterocycles. The molecule has 4 heterocycles. The molecule has 0 saturated carbocycles. The number of nitrogens with two attached hydrogens (primary N) is 1. The number of hydrogen-bond donors (Lipinski definition) is 1. The minimum Gasteiger partial charge on any atom is -0.493 e. The van der Waals surface area contributed by atoms with Gasteiger partial charge in [-0.3, -0.25) is 9.88 Å². The van der Waals surface area contributed by atoms with E-state index in [4.69, 9.17) is 10.5 Å². The molecule has 0 radical (unpaired) electrons. The van der Waals surface area contributed by atoms with Gasteiger partial charge in [0.25, 0.3) is 0 Å². The zero-order valence-corrected chi connectivity index (χ0v) is 17.4. The van der Waals surface area contributed by atoms with Crippen molar-refractivity contribution in [3.63, 3.8) is 0 Å². The Kier molecular flexibility index (Phi) is 5.19. The van der Waals surface area contributed by atoms with E-state index in [0.717, 1.165) is 42.1 Å². The molecule has 1 unspecified atom stereocenters. The molecule has 3 saturated heterocycles. The molecule has 5 atom stereocenters. The van der Waals surface area contributed by atoms with Crippen molar-refractivity contribution < 1.29 is 4.74 Å². The van der Waals surface area contributed by atoms with E-state index in [1.807, 2.05) is 18.3 Å². The van der Waals surface area contributed by atoms with Crippen LogP contribution in [-0.4, -0.2) is 35.6 Å². The second kappa shape index (κ2) is 7.49. The summed E-state index contributed by atoms with van der Waals surface area (Å²) < 4.78 is 6.05. The van der Waals surface area contributed by atoms with Crippen LogP contribution in [0.4, 0.5) is 0 Å². The second-order valence-corrected chi connectivity index (χ2v) is 9.70. The number of piperidine rings is 3. The lowest BCUT2D eigenvalue weighted by molar-refractivity contribution is 0.00749. The van der Waals surface area contributed by atoms with Crippen molar-refractivity contribution in [1.82, 2.24) is 9.88 Å². The highest BCUT2D eigenvalue weighted by Gasteiger charge is 2.41. The van der Waals surface area contributed by atoms with Gasteiger partial charge in [-0.2, -0.15) is 0 Å². The number of hydrogen-bond acceptors (Lipinski definition) is 4. The number of ether oxygens (including phenoxy) is 1. The minimum atomic E-state index is -0.0167. The first kappa shape index (κ1) is 19.4. The molecular weight excluding hydrogens is 346 g/mol. The molecule has 2 N–H and O–H groups in total. The quantitative estimate of drug-likeness (QED) is 0.774. The van der Waals surface area contributed by atoms with E-state index in [-0.39, 0.29) is 11.5 Å². The number of pyridine rings is 1. The summed E-state index contributed by atoms with van der Waals surface area (Å²) in [4.78, 5) is 7.13. The van der Waals surface area contributed by atoms with Gasteiger partial charge in [-0.25, -0.2) is 0 Å². The maximum atomic E-state index is 6.87. The Morgan fingerprint density at radius 3 is 2.86 bits per heavy atom. The van der Waals surface area contributed by atoms with Crippen LogP contribution in [0.15, 0.2) is 43.1 Å². The molecule has 3 aliphatic rings. The van der Waals surface area contributed by atoms with Crippen LogP contribution in [0.2, 0.25) is 0 Å². The molecule has 2 aromatic rings. The molecule has 4 heteroatoms. The van der Waals surface area contributed by atoms with Gasteiger partial charge >= 0.3 is 0 Å². The van der Waals surface area contributed by atoms with Gasteiger partial charge in [-0.05, 0) is 66.5 Å². The Labute approximate surface area is 168 Å². The third kappa shape index (κ3) is 3.81. The number of rotatable bonds is 5. The van der Waals surface area contributed by atoms with E-state index >= 15 is 0 Å². The van der Waals surface area contributed by atoms with Crippen molar-refractivity contribution in [3.8, 4) is 5.75 Å². The third-order valence-electron chi connectivity index (χ3n) is 6.35. The fourth-order valence-corrected chi connectivity index (χ4v) is 4.78. The normalized spacial score (nSPS) is 28.3. The maximum Gasteiger partial charge on any atom is 0.120 e. The first-order valence-corrected chi connectivity index (χ1v) is 10.5. The van der Waals surface area contributed by atoms with Gasteiger partial charge in [0.2, 0.25) is 0 Å². The van der Waals surface area contributed by atoms with Crippen LogP contribution in [0.25, 0.3) is 10.9 Å². The van der Waals surface area contributed by atoms with E-state index in [1.165, 1.54) is 12.0 Å². The van der Waals surface area contributed by atoms with E-state index in [0.29, 0.717) is 18.6 Å². The SMILES string of the molecule is C=C[C@H]1CN2CC[C@H]1C[C@@H]2[C@H](N)c1ccnc2ccc(OCC(C)(C)C)cc12. The van der Waals surface area contributed by atoms with Crippen LogP contribution < -0.4 is 10.5 Å². The van der Waals surface area contributed by atoms with Crippen molar-refractivity contribution in [2.45, 2.75) is 45.7 Å². The summed E-state index contributed by atoms with van der Waals surface area (Å²) in [6.45, 7) is 13.5. The highest BCUT2D eigenvalue weighted by molar-refractivity contribution is 5.84. The van der Waals surface area contributed by atoms with Crippen LogP contribution in [0.1, 0.15) is 45.2 Å². The average molecular weight is 380 g/mol. The molecule has 1 aromatic carbocycles. The molecule has 2 bridgehead atoms. The zero-order valence-electron chi connectivity index (χ0n) is 17.4. The van der Waals surface area contributed by atoms with Crippen molar-refractivity contribution in [3.05, 3.63) is 48.7 Å². The van der Waals surface area contributed by atoms with Crippen molar-refractivity contribution in [2.75, 3.05) is 19.7 Å². The summed E-state index contributed by atoms with van der Waals surface area (Å²) in [5, 5.41) is 1.12. The monoisotopic (exact) mass is 379 g/mol. The van der Waals surface area contributed by atoms with Crippen LogP contribution in [-0.2, 0) is 0 Å². The lowest BCUT2D eigenvalue weighted by Crippen LogP contribution is -2.56. The highest BCUT2D eigenvalue weighted by Crippen LogP contribution is 2.41. The second-order valence-electron chi connectivity index (χ2n) is 9.70. The number of aromatic nitrogens is 1. The number of fused-ring (bicyclic) bond motifs is 4. The van der Waals surface area contributed by atoms with Gasteiger partial charge in [-0.1, -0.05) is 26.8 Å². The summed E-state index contributed by atoms with van der Waals surface area (Å²) >= 11 is 0. The van der Waals surface area contributed by atoms with Gasteiger partial charge in [0.1, 0.15) is 5.75 Å². The van der Waals surface area contributed by atoms with Gasteiger partial charge in [-0.15, -0.1) is 6.58 Å².